The van der Waals surface area contributed by atoms with Gasteiger partial charge >= 0.3 is 0 Å². The maximum Gasteiger partial charge on any atom is 0.228 e. The lowest BCUT2D eigenvalue weighted by Gasteiger charge is -2.54. The highest BCUT2D eigenvalue weighted by molar-refractivity contribution is 5.83. The lowest BCUT2D eigenvalue weighted by molar-refractivity contribution is -0.166. The average Bonchev–Trinajstić information content (AvgIpc) is 2.63. The average molecular weight is 342 g/mol. The number of ether oxygens (including phenoxy) is 1. The lowest BCUT2D eigenvalue weighted by atomic mass is 9.72. The third-order valence-electron chi connectivity index (χ3n) is 6.47. The topological polar surface area (TPSA) is 32.8 Å². The van der Waals surface area contributed by atoms with E-state index in [9.17, 15) is 4.79 Å². The number of hydrogen-bond acceptors (Lipinski definition) is 3. The number of amides is 1. The van der Waals surface area contributed by atoms with E-state index in [0.29, 0.717) is 5.91 Å². The highest BCUT2D eigenvalue weighted by atomic mass is 16.5. The van der Waals surface area contributed by atoms with Crippen molar-refractivity contribution in [2.75, 3.05) is 39.4 Å². The summed E-state index contributed by atoms with van der Waals surface area (Å²) in [5.74, 6) is 0.378. The first-order valence-electron chi connectivity index (χ1n) is 9.72. The van der Waals surface area contributed by atoms with Crippen LogP contribution in [0.2, 0.25) is 0 Å². The van der Waals surface area contributed by atoms with Crippen molar-refractivity contribution in [3.63, 3.8) is 0 Å². The third-order valence-corrected chi connectivity index (χ3v) is 6.47. The molecule has 0 saturated carbocycles. The number of piperidine rings is 1. The monoisotopic (exact) mass is 342 g/mol. The van der Waals surface area contributed by atoms with Gasteiger partial charge in [0.05, 0.1) is 6.61 Å². The molecular formula is C21H30N2O2. The van der Waals surface area contributed by atoms with E-state index >= 15 is 0 Å². The molecule has 3 heterocycles. The molecule has 0 atom stereocenters. The smallest absolute Gasteiger partial charge is 0.228 e. The molecule has 0 unspecified atom stereocenters. The van der Waals surface area contributed by atoms with E-state index in [1.165, 1.54) is 12.0 Å². The van der Waals surface area contributed by atoms with Crippen LogP contribution in [0.3, 0.4) is 0 Å². The van der Waals surface area contributed by atoms with E-state index in [-0.39, 0.29) is 10.8 Å². The molecule has 25 heavy (non-hydrogen) atoms. The molecule has 3 fully saturated rings. The molecule has 4 rings (SSSR count). The summed E-state index contributed by atoms with van der Waals surface area (Å²) in [6.45, 7) is 8.76. The molecule has 3 aliphatic rings. The Kier molecular flexibility index (Phi) is 4.59. The van der Waals surface area contributed by atoms with Crippen LogP contribution in [0.15, 0.2) is 30.3 Å². The Balaban J connectivity index is 1.29. The largest absolute Gasteiger partial charge is 0.381 e. The molecule has 4 heteroatoms. The van der Waals surface area contributed by atoms with Crippen LogP contribution in [0.5, 0.6) is 0 Å². The van der Waals surface area contributed by atoms with Crippen LogP contribution < -0.4 is 0 Å². The van der Waals surface area contributed by atoms with Gasteiger partial charge in [0.15, 0.2) is 0 Å². The fourth-order valence-corrected chi connectivity index (χ4v) is 4.71. The van der Waals surface area contributed by atoms with Crippen LogP contribution in [0.25, 0.3) is 0 Å². The summed E-state index contributed by atoms with van der Waals surface area (Å²) < 4.78 is 5.65. The summed E-state index contributed by atoms with van der Waals surface area (Å²) >= 11 is 0. The van der Waals surface area contributed by atoms with Crippen LogP contribution in [-0.4, -0.2) is 55.1 Å². The minimum Gasteiger partial charge on any atom is -0.381 e. The van der Waals surface area contributed by atoms with Gasteiger partial charge in [-0.1, -0.05) is 37.3 Å². The SMILES string of the molecule is CC1(C(=O)N2CC3(CCCOC3)C2)CCN(Cc2ccccc2)CC1. The number of carbonyl (C=O) groups is 1. The zero-order valence-electron chi connectivity index (χ0n) is 15.4. The van der Waals surface area contributed by atoms with Crippen molar-refractivity contribution < 1.29 is 9.53 Å². The standard InChI is InChI=1S/C21H30N2O2/c1-20(19(24)23-15-21(16-23)8-5-13-25-17-21)9-11-22(12-10-20)14-18-6-3-2-4-7-18/h2-4,6-7H,5,8-17H2,1H3. The minimum atomic E-state index is -0.176. The van der Waals surface area contributed by atoms with Crippen molar-refractivity contribution in [1.29, 1.82) is 0 Å². The second-order valence-corrected chi connectivity index (χ2v) is 8.64. The van der Waals surface area contributed by atoms with Crippen LogP contribution in [-0.2, 0) is 16.1 Å². The molecule has 1 amide bonds. The summed E-state index contributed by atoms with van der Waals surface area (Å²) in [5, 5.41) is 0. The Morgan fingerprint density at radius 1 is 1.12 bits per heavy atom. The third kappa shape index (κ3) is 3.47. The molecule has 0 N–H and O–H groups in total. The lowest BCUT2D eigenvalue weighted by Crippen LogP contribution is -2.64. The summed E-state index contributed by atoms with van der Waals surface area (Å²) in [6, 6.07) is 10.6. The molecule has 1 aromatic rings. The number of hydrogen-bond donors (Lipinski definition) is 0. The van der Waals surface area contributed by atoms with Crippen molar-refractivity contribution in [3.8, 4) is 0 Å². The Bertz CT molecular complexity index is 594. The van der Waals surface area contributed by atoms with Gasteiger partial charge in [-0.2, -0.15) is 0 Å². The molecule has 1 spiro atoms. The zero-order chi connectivity index (χ0) is 17.3. The first-order valence-corrected chi connectivity index (χ1v) is 9.72. The molecule has 1 aromatic carbocycles. The van der Waals surface area contributed by atoms with Crippen molar-refractivity contribution in [2.24, 2.45) is 10.8 Å². The minimum absolute atomic E-state index is 0.176. The van der Waals surface area contributed by atoms with Crippen molar-refractivity contribution >= 4 is 5.91 Å². The molecule has 136 valence electrons. The summed E-state index contributed by atoms with van der Waals surface area (Å²) in [5.41, 5.74) is 1.46. The second kappa shape index (κ2) is 6.73. The summed E-state index contributed by atoms with van der Waals surface area (Å²) in [7, 11) is 0. The molecule has 0 radical (unpaired) electrons. The van der Waals surface area contributed by atoms with E-state index in [1.54, 1.807) is 0 Å². The van der Waals surface area contributed by atoms with E-state index in [1.807, 2.05) is 0 Å². The number of carbonyl (C=O) groups excluding carboxylic acids is 1. The van der Waals surface area contributed by atoms with Gasteiger partial charge in [-0.05, 0) is 44.3 Å². The molecule has 0 aromatic heterocycles. The molecule has 3 saturated heterocycles. The first-order chi connectivity index (χ1) is 12.1. The normalized spacial score (nSPS) is 25.6. The Morgan fingerprint density at radius 3 is 2.48 bits per heavy atom. The predicted molar refractivity (Wildman–Crippen MR) is 98.1 cm³/mol. The van der Waals surface area contributed by atoms with Gasteiger partial charge in [0.2, 0.25) is 5.91 Å². The van der Waals surface area contributed by atoms with E-state index in [0.717, 1.165) is 65.2 Å². The summed E-state index contributed by atoms with van der Waals surface area (Å²) in [6.07, 6.45) is 4.31. The highest BCUT2D eigenvalue weighted by Crippen LogP contribution is 2.42. The van der Waals surface area contributed by atoms with Gasteiger partial charge in [0.1, 0.15) is 0 Å². The Labute approximate surface area is 151 Å². The quantitative estimate of drug-likeness (QED) is 0.847. The van der Waals surface area contributed by atoms with E-state index in [4.69, 9.17) is 4.74 Å². The van der Waals surface area contributed by atoms with Gasteiger partial charge in [-0.25, -0.2) is 0 Å². The molecule has 0 bridgehead atoms. The number of rotatable bonds is 3. The fourth-order valence-electron chi connectivity index (χ4n) is 4.71. The molecule has 3 aliphatic heterocycles. The van der Waals surface area contributed by atoms with Gasteiger partial charge in [0.25, 0.3) is 0 Å². The van der Waals surface area contributed by atoms with Crippen molar-refractivity contribution in [1.82, 2.24) is 9.80 Å². The maximum absolute atomic E-state index is 13.1. The van der Waals surface area contributed by atoms with Crippen molar-refractivity contribution in [2.45, 2.75) is 39.2 Å². The zero-order valence-corrected chi connectivity index (χ0v) is 15.4. The Morgan fingerprint density at radius 2 is 1.84 bits per heavy atom. The van der Waals surface area contributed by atoms with Crippen LogP contribution in [0, 0.1) is 10.8 Å². The van der Waals surface area contributed by atoms with Gasteiger partial charge < -0.3 is 9.64 Å². The molecular weight excluding hydrogens is 312 g/mol. The van der Waals surface area contributed by atoms with E-state index < -0.39 is 0 Å². The molecule has 0 aliphatic carbocycles. The molecule has 4 nitrogen and oxygen atoms in total. The van der Waals surface area contributed by atoms with Gasteiger partial charge in [-0.3, -0.25) is 9.69 Å². The predicted octanol–water partition coefficient (Wildman–Crippen LogP) is 2.93. The second-order valence-electron chi connectivity index (χ2n) is 8.64. The number of benzene rings is 1. The highest BCUT2D eigenvalue weighted by Gasteiger charge is 2.50. The number of nitrogens with zero attached hydrogens (tertiary/aromatic N) is 2. The Hall–Kier alpha value is -1.39. The first kappa shape index (κ1) is 17.0. The van der Waals surface area contributed by atoms with Crippen LogP contribution >= 0.6 is 0 Å². The van der Waals surface area contributed by atoms with Gasteiger partial charge in [0, 0.05) is 37.1 Å². The fraction of sp³-hybridized carbons (Fsp3) is 0.667. The van der Waals surface area contributed by atoms with Gasteiger partial charge in [-0.15, -0.1) is 0 Å². The number of likely N-dealkylation sites (tertiary alicyclic amines) is 2. The maximum atomic E-state index is 13.1. The van der Waals surface area contributed by atoms with Crippen LogP contribution in [0.4, 0.5) is 0 Å². The van der Waals surface area contributed by atoms with Crippen LogP contribution in [0.1, 0.15) is 38.2 Å². The van der Waals surface area contributed by atoms with E-state index in [2.05, 4.69) is 47.1 Å². The van der Waals surface area contributed by atoms with Crippen molar-refractivity contribution in [3.05, 3.63) is 35.9 Å². The summed E-state index contributed by atoms with van der Waals surface area (Å²) in [4.78, 5) is 17.6.